The Balaban J connectivity index is 0.00000187. The van der Waals surface area contributed by atoms with Crippen molar-refractivity contribution in [3.8, 4) is 0 Å². The molecule has 10 heteroatoms. The summed E-state index contributed by atoms with van der Waals surface area (Å²) in [4.78, 5) is 17.0. The number of nitrogens with zero attached hydrogens (tertiary/aromatic N) is 3. The minimum atomic E-state index is -4.40. The Morgan fingerprint density at radius 3 is 2.39 bits per heavy atom. The van der Waals surface area contributed by atoms with E-state index in [2.05, 4.69) is 0 Å². The summed E-state index contributed by atoms with van der Waals surface area (Å²) in [5, 5.41) is 0. The van der Waals surface area contributed by atoms with Crippen LogP contribution in [0.2, 0.25) is 0 Å². The molecule has 1 aromatic rings. The fourth-order valence-electron chi connectivity index (χ4n) is 4.63. The highest BCUT2D eigenvalue weighted by Gasteiger charge is 2.53. The number of halogens is 5. The van der Waals surface area contributed by atoms with Gasteiger partial charge in [0, 0.05) is 38.3 Å². The number of rotatable bonds is 5. The summed E-state index contributed by atoms with van der Waals surface area (Å²) in [6.45, 7) is 5.91. The summed E-state index contributed by atoms with van der Waals surface area (Å²) in [6.07, 6.45) is -5.88. The van der Waals surface area contributed by atoms with Gasteiger partial charge in [0.1, 0.15) is 5.82 Å². The van der Waals surface area contributed by atoms with Gasteiger partial charge < -0.3 is 20.4 Å². The molecular formula is C23H33F5N4O. The van der Waals surface area contributed by atoms with Crippen LogP contribution in [0.4, 0.5) is 22.0 Å². The fourth-order valence-corrected chi connectivity index (χ4v) is 4.63. The van der Waals surface area contributed by atoms with Crippen LogP contribution >= 0.6 is 0 Å². The van der Waals surface area contributed by atoms with E-state index in [0.717, 1.165) is 5.56 Å². The van der Waals surface area contributed by atoms with Crippen LogP contribution < -0.4 is 5.73 Å². The topological polar surface area (TPSA) is 52.8 Å². The molecule has 0 saturated carbocycles. The smallest absolute Gasteiger partial charge is 0.348 e. The molecule has 3 rings (SSSR count). The summed E-state index contributed by atoms with van der Waals surface area (Å²) in [5.41, 5.74) is 8.50. The largest absolute Gasteiger partial charge is 0.427 e. The van der Waals surface area contributed by atoms with Crippen LogP contribution in [0.5, 0.6) is 0 Å². The van der Waals surface area contributed by atoms with Crippen molar-refractivity contribution in [3.63, 3.8) is 0 Å². The Hall–Kier alpha value is -2.36. The molecule has 1 aromatic carbocycles. The molecule has 0 bridgehead atoms. The van der Waals surface area contributed by atoms with Crippen LogP contribution in [-0.4, -0.2) is 72.9 Å². The minimum absolute atomic E-state index is 0.0101. The third-order valence-electron chi connectivity index (χ3n) is 5.96. The number of benzene rings is 1. The molecule has 2 atom stereocenters. The first-order chi connectivity index (χ1) is 15.4. The maximum Gasteiger partial charge on any atom is 0.427 e. The van der Waals surface area contributed by atoms with Crippen molar-refractivity contribution in [2.75, 3.05) is 33.9 Å². The molecule has 0 aromatic heterocycles. The molecule has 2 aliphatic heterocycles. The number of aryl methyl sites for hydroxylation is 1. The molecule has 1 fully saturated rings. The van der Waals surface area contributed by atoms with Crippen LogP contribution in [0, 0.1) is 18.7 Å². The lowest BCUT2D eigenvalue weighted by Crippen LogP contribution is -2.55. The second kappa shape index (κ2) is 10.7. The highest BCUT2D eigenvalue weighted by Crippen LogP contribution is 2.41. The van der Waals surface area contributed by atoms with Gasteiger partial charge in [0.05, 0.1) is 19.4 Å². The Morgan fingerprint density at radius 1 is 1.21 bits per heavy atom. The predicted molar refractivity (Wildman–Crippen MR) is 117 cm³/mol. The highest BCUT2D eigenvalue weighted by atomic mass is 19.4. The molecule has 2 heterocycles. The lowest BCUT2D eigenvalue weighted by Gasteiger charge is -2.40. The zero-order chi connectivity index (χ0) is 25.1. The van der Waals surface area contributed by atoms with Gasteiger partial charge in [-0.3, -0.25) is 9.18 Å². The van der Waals surface area contributed by atoms with Gasteiger partial charge in [-0.15, -0.1) is 0 Å². The number of hydrogen-bond acceptors (Lipinski definition) is 4. The first-order valence-electron chi connectivity index (χ1n) is 10.9. The van der Waals surface area contributed by atoms with Crippen molar-refractivity contribution in [1.82, 2.24) is 14.7 Å². The molecule has 186 valence electrons. The monoisotopic (exact) mass is 476 g/mol. The first kappa shape index (κ1) is 26.9. The number of nitrogens with two attached hydrogens (primary N) is 1. The van der Waals surface area contributed by atoms with Gasteiger partial charge in [-0.2, -0.15) is 13.2 Å². The standard InChI is InChI=1S/C22H30F4N4O.CH3F/c1-13(2)20-18-12-29(7-8-30(18)21(28(20)4)22(24,25)26)19(31)11-16(27)10-15-6-5-14(3)9-17(15)23;1-2/h5-6,9,13,16,21H,7-8,10-12,27H2,1-4H3;1H3. The Bertz CT molecular complexity index is 871. The molecular weight excluding hydrogens is 443 g/mol. The molecule has 0 radical (unpaired) electrons. The number of alkyl halides is 4. The van der Waals surface area contributed by atoms with E-state index in [0.29, 0.717) is 24.1 Å². The number of carbonyl (C=O) groups excluding carboxylic acids is 1. The van der Waals surface area contributed by atoms with Crippen molar-refractivity contribution in [1.29, 1.82) is 0 Å². The van der Waals surface area contributed by atoms with Gasteiger partial charge in [0.15, 0.2) is 6.17 Å². The second-order valence-corrected chi connectivity index (χ2v) is 8.78. The quantitative estimate of drug-likeness (QED) is 0.657. The molecule has 5 nitrogen and oxygen atoms in total. The van der Waals surface area contributed by atoms with Gasteiger partial charge in [-0.1, -0.05) is 26.0 Å². The van der Waals surface area contributed by atoms with E-state index in [9.17, 15) is 26.7 Å². The molecule has 2 unspecified atom stereocenters. The molecule has 2 aliphatic rings. The van der Waals surface area contributed by atoms with Crippen molar-refractivity contribution in [2.45, 2.75) is 52.0 Å². The summed E-state index contributed by atoms with van der Waals surface area (Å²) in [7, 11) is 1.96. The van der Waals surface area contributed by atoms with E-state index in [4.69, 9.17) is 5.73 Å². The Kier molecular flexibility index (Phi) is 8.73. The van der Waals surface area contributed by atoms with E-state index in [-0.39, 0.29) is 50.1 Å². The molecule has 33 heavy (non-hydrogen) atoms. The van der Waals surface area contributed by atoms with Crippen LogP contribution in [0.15, 0.2) is 29.6 Å². The normalized spacial score (nSPS) is 19.5. The van der Waals surface area contributed by atoms with E-state index in [1.807, 2.05) is 13.8 Å². The number of fused-ring (bicyclic) bond motifs is 1. The van der Waals surface area contributed by atoms with Crippen LogP contribution in [0.1, 0.15) is 31.4 Å². The van der Waals surface area contributed by atoms with Crippen LogP contribution in [-0.2, 0) is 11.2 Å². The van der Waals surface area contributed by atoms with Gasteiger partial charge in [-0.05, 0) is 36.5 Å². The third-order valence-corrected chi connectivity index (χ3v) is 5.96. The third kappa shape index (κ3) is 5.96. The van der Waals surface area contributed by atoms with Crippen molar-refractivity contribution in [3.05, 3.63) is 46.5 Å². The second-order valence-electron chi connectivity index (χ2n) is 8.78. The Morgan fingerprint density at radius 2 is 1.85 bits per heavy atom. The zero-order valence-corrected chi connectivity index (χ0v) is 19.7. The van der Waals surface area contributed by atoms with Crippen molar-refractivity contribution < 1.29 is 26.7 Å². The lowest BCUT2D eigenvalue weighted by atomic mass is 10.0. The van der Waals surface area contributed by atoms with Gasteiger partial charge in [0.25, 0.3) is 0 Å². The van der Waals surface area contributed by atoms with Crippen molar-refractivity contribution >= 4 is 5.91 Å². The SMILES string of the molecule is CF.Cc1ccc(CC(N)CC(=O)N2CCN3C(=C(C(C)C)N(C)C3C(F)(F)F)C2)c(F)c1. The van der Waals surface area contributed by atoms with Crippen LogP contribution in [0.25, 0.3) is 0 Å². The van der Waals surface area contributed by atoms with E-state index in [1.165, 1.54) is 22.9 Å². The maximum absolute atomic E-state index is 14.1. The van der Waals surface area contributed by atoms with E-state index >= 15 is 0 Å². The van der Waals surface area contributed by atoms with Gasteiger partial charge in [0.2, 0.25) is 5.91 Å². The number of piperazine rings is 1. The predicted octanol–water partition coefficient (Wildman–Crippen LogP) is 3.83. The molecule has 2 N–H and O–H groups in total. The lowest BCUT2D eigenvalue weighted by molar-refractivity contribution is -0.206. The first-order valence-corrected chi connectivity index (χ1v) is 10.9. The average Bonchev–Trinajstić information content (AvgIpc) is 3.02. The number of hydrogen-bond donors (Lipinski definition) is 1. The van der Waals surface area contributed by atoms with Gasteiger partial charge in [-0.25, -0.2) is 4.39 Å². The summed E-state index contributed by atoms with van der Waals surface area (Å²) in [5.74, 6) is -0.694. The van der Waals surface area contributed by atoms with Crippen molar-refractivity contribution in [2.24, 2.45) is 11.7 Å². The highest BCUT2D eigenvalue weighted by molar-refractivity contribution is 5.77. The van der Waals surface area contributed by atoms with E-state index in [1.54, 1.807) is 24.0 Å². The minimum Gasteiger partial charge on any atom is -0.348 e. The number of allylic oxidation sites excluding steroid dienone is 1. The Labute approximate surface area is 192 Å². The molecule has 0 spiro atoms. The maximum atomic E-state index is 14.1. The fraction of sp³-hybridized carbons (Fsp3) is 0.609. The number of amides is 1. The zero-order valence-electron chi connectivity index (χ0n) is 19.7. The number of carbonyl (C=O) groups is 1. The molecule has 1 amide bonds. The molecule has 0 aliphatic carbocycles. The van der Waals surface area contributed by atoms with Crippen LogP contribution in [0.3, 0.4) is 0 Å². The summed E-state index contributed by atoms with van der Waals surface area (Å²) in [6, 6.07) is 4.31. The average molecular weight is 477 g/mol. The van der Waals surface area contributed by atoms with E-state index < -0.39 is 18.4 Å². The summed E-state index contributed by atoms with van der Waals surface area (Å²) < 4.78 is 64.6. The molecule has 1 saturated heterocycles. The van der Waals surface area contributed by atoms with Gasteiger partial charge >= 0.3 is 6.18 Å². The summed E-state index contributed by atoms with van der Waals surface area (Å²) >= 11 is 0.